The molecule has 0 saturated carbocycles. The van der Waals surface area contributed by atoms with Gasteiger partial charge >= 0.3 is 0 Å². The first kappa shape index (κ1) is 33.4. The Morgan fingerprint density at radius 3 is 2.16 bits per heavy atom. The third kappa shape index (κ3) is 4.25. The summed E-state index contributed by atoms with van der Waals surface area (Å²) in [7, 11) is 0.909. The van der Waals surface area contributed by atoms with E-state index in [1.807, 2.05) is 11.3 Å². The molecule has 2 aliphatic carbocycles. The molecule has 0 spiro atoms. The number of H-pyrrole nitrogens is 1. The van der Waals surface area contributed by atoms with E-state index in [9.17, 15) is 0 Å². The highest BCUT2D eigenvalue weighted by molar-refractivity contribution is 7.29. The molecule has 0 fully saturated rings. The number of hydrogen-bond donors (Lipinski definition) is 1. The van der Waals surface area contributed by atoms with Crippen LogP contribution in [0.15, 0.2) is 83.3 Å². The third-order valence-corrected chi connectivity index (χ3v) is 16.4. The van der Waals surface area contributed by atoms with E-state index in [1.54, 1.807) is 22.3 Å². The monoisotopic (exact) mass is 748 g/mol. The smallest absolute Gasteiger partial charge is 0.211 e. The Kier molecular flexibility index (Phi) is 6.33. The lowest BCUT2D eigenvalue weighted by molar-refractivity contribution is 0.208. The summed E-state index contributed by atoms with van der Waals surface area (Å²) in [6.45, 7) is 19.9. The summed E-state index contributed by atoms with van der Waals surface area (Å²) in [6.07, 6.45) is 6.09. The number of nitrogens with zero attached hydrogens (tertiary/aromatic N) is 1. The lowest BCUT2D eigenvalue weighted by Crippen LogP contribution is -2.44. The molecule has 56 heavy (non-hydrogen) atoms. The first-order chi connectivity index (χ1) is 26.7. The van der Waals surface area contributed by atoms with Crippen LogP contribution in [0, 0.1) is 13.8 Å². The molecule has 278 valence electrons. The second kappa shape index (κ2) is 10.6. The summed E-state index contributed by atoms with van der Waals surface area (Å²) < 4.78 is 9.41. The summed E-state index contributed by atoms with van der Waals surface area (Å²) in [5.74, 6) is 0. The first-order valence-electron chi connectivity index (χ1n) is 20.9. The molecular weight excluding hydrogens is 699 g/mol. The number of thiophene rings is 1. The molecule has 0 amide bonds. The van der Waals surface area contributed by atoms with Crippen molar-refractivity contribution in [3.63, 3.8) is 0 Å². The van der Waals surface area contributed by atoms with E-state index in [0.717, 1.165) is 40.3 Å². The predicted molar refractivity (Wildman–Crippen MR) is 241 cm³/mol. The van der Waals surface area contributed by atoms with Gasteiger partial charge in [-0.3, -0.25) is 0 Å². The average Bonchev–Trinajstić information content (AvgIpc) is 3.83. The number of aromatic nitrogens is 1. The Bertz CT molecular complexity index is 3060. The standard InChI is InChI=1S/C51H49BN2OS/c1-27-20-32(29-13-11-14-31-43(29)53-44-30-12-9-10-15-40(30)55-46(31)44)42-39(21-27)54-38-24-37-34(22-28(38)2)48(3,4)16-19-51(37,8)26-50(7)18-17-49(5,6)35-25-41-33(23-36(35)50)45(54)47(52-42)56-41/h9-15,20-25,52-53H,16-19,26H2,1-8H3. The lowest BCUT2D eigenvalue weighted by Gasteiger charge is -2.51. The molecule has 5 aromatic carbocycles. The van der Waals surface area contributed by atoms with Gasteiger partial charge in [0.15, 0.2) is 5.58 Å². The van der Waals surface area contributed by atoms with Gasteiger partial charge in [-0.25, -0.2) is 0 Å². The molecule has 3 nitrogen and oxygen atoms in total. The number of aromatic amines is 1. The van der Waals surface area contributed by atoms with Crippen LogP contribution in [0.2, 0.25) is 0 Å². The van der Waals surface area contributed by atoms with Crippen molar-refractivity contribution >= 4 is 89.0 Å². The zero-order chi connectivity index (χ0) is 38.3. The fraction of sp³-hybridized carbons (Fsp3) is 0.333. The quantitative estimate of drug-likeness (QED) is 0.170. The number of nitrogens with one attached hydrogen (secondary N) is 1. The van der Waals surface area contributed by atoms with Crippen LogP contribution in [0.5, 0.6) is 0 Å². The third-order valence-electron chi connectivity index (χ3n) is 15.2. The topological polar surface area (TPSA) is 32.2 Å². The second-order valence-electron chi connectivity index (χ2n) is 20.0. The fourth-order valence-electron chi connectivity index (χ4n) is 12.1. The van der Waals surface area contributed by atoms with Crippen molar-refractivity contribution < 1.29 is 4.42 Å². The van der Waals surface area contributed by atoms with Crippen molar-refractivity contribution in [3.05, 3.63) is 112 Å². The Balaban J connectivity index is 1.18. The summed E-state index contributed by atoms with van der Waals surface area (Å²) in [6, 6.07) is 30.6. The van der Waals surface area contributed by atoms with Gasteiger partial charge in [-0.05, 0) is 159 Å². The molecular formula is C51H49BN2OS. The van der Waals surface area contributed by atoms with E-state index in [1.165, 1.54) is 91.7 Å². The number of aryl methyl sites for hydroxylation is 2. The minimum absolute atomic E-state index is 0.0797. The van der Waals surface area contributed by atoms with E-state index >= 15 is 0 Å². The van der Waals surface area contributed by atoms with Gasteiger partial charge in [0.2, 0.25) is 7.28 Å². The number of hydrogen-bond acceptors (Lipinski definition) is 3. The molecule has 12 rings (SSSR count). The molecule has 5 heterocycles. The molecule has 4 aliphatic rings. The van der Waals surface area contributed by atoms with Crippen LogP contribution in [-0.4, -0.2) is 12.3 Å². The maximum absolute atomic E-state index is 6.51. The molecule has 1 N–H and O–H groups in total. The van der Waals surface area contributed by atoms with Gasteiger partial charge in [-0.15, -0.1) is 11.3 Å². The Morgan fingerprint density at radius 2 is 1.38 bits per heavy atom. The number of para-hydroxylation sites is 2. The van der Waals surface area contributed by atoms with Gasteiger partial charge in [0, 0.05) is 37.8 Å². The number of anilines is 3. The van der Waals surface area contributed by atoms with E-state index < -0.39 is 0 Å². The zero-order valence-electron chi connectivity index (χ0n) is 34.0. The Hall–Kier alpha value is -4.74. The van der Waals surface area contributed by atoms with E-state index in [2.05, 4.69) is 144 Å². The highest BCUT2D eigenvalue weighted by atomic mass is 32.1. The lowest BCUT2D eigenvalue weighted by atomic mass is 9.53. The molecule has 2 unspecified atom stereocenters. The largest absolute Gasteiger partial charge is 0.454 e. The van der Waals surface area contributed by atoms with Crippen molar-refractivity contribution in [1.82, 2.24) is 4.98 Å². The van der Waals surface area contributed by atoms with Crippen molar-refractivity contribution in [1.29, 1.82) is 0 Å². The Labute approximate surface area is 334 Å². The van der Waals surface area contributed by atoms with Gasteiger partial charge in [0.05, 0.1) is 16.7 Å². The normalized spacial score (nSPS) is 22.8. The maximum Gasteiger partial charge on any atom is 0.211 e. The number of benzene rings is 5. The van der Waals surface area contributed by atoms with Gasteiger partial charge in [-0.1, -0.05) is 77.9 Å². The predicted octanol–water partition coefficient (Wildman–Crippen LogP) is 12.8. The van der Waals surface area contributed by atoms with Crippen LogP contribution in [0.1, 0.15) is 107 Å². The number of fused-ring (bicyclic) bond motifs is 9. The fourth-order valence-corrected chi connectivity index (χ4v) is 13.3. The van der Waals surface area contributed by atoms with Crippen molar-refractivity contribution in [2.45, 2.75) is 109 Å². The molecule has 4 bridgehead atoms. The van der Waals surface area contributed by atoms with E-state index in [-0.39, 0.29) is 21.7 Å². The summed E-state index contributed by atoms with van der Waals surface area (Å²) in [4.78, 5) is 6.60. The maximum atomic E-state index is 6.51. The average molecular weight is 749 g/mol. The van der Waals surface area contributed by atoms with Crippen LogP contribution in [0.25, 0.3) is 54.2 Å². The van der Waals surface area contributed by atoms with E-state index in [0.29, 0.717) is 0 Å². The summed E-state index contributed by atoms with van der Waals surface area (Å²) >= 11 is 2.04. The minimum Gasteiger partial charge on any atom is -0.454 e. The van der Waals surface area contributed by atoms with Crippen LogP contribution >= 0.6 is 11.3 Å². The van der Waals surface area contributed by atoms with Crippen LogP contribution in [0.3, 0.4) is 0 Å². The highest BCUT2D eigenvalue weighted by Gasteiger charge is 2.49. The molecule has 2 aliphatic heterocycles. The molecule has 0 radical (unpaired) electrons. The van der Waals surface area contributed by atoms with Crippen LogP contribution < -0.4 is 15.1 Å². The SMILES string of the molecule is Cc1cc(-c2cccc3c2[nH]c2c4ccccc4oc32)c2c(c1)N1c3cc4c(cc3C)C(C)(C)CCC4(C)CC3(C)CCC(C)(C)c4cc5sc(c1c5cc43)B2. The second-order valence-corrected chi connectivity index (χ2v) is 21.1. The molecule has 0 saturated heterocycles. The van der Waals surface area contributed by atoms with Crippen molar-refractivity contribution in [2.75, 3.05) is 4.90 Å². The van der Waals surface area contributed by atoms with Crippen LogP contribution in [-0.2, 0) is 21.7 Å². The molecule has 2 atom stereocenters. The van der Waals surface area contributed by atoms with E-state index in [4.69, 9.17) is 4.42 Å². The summed E-state index contributed by atoms with van der Waals surface area (Å²) in [5, 5.41) is 3.71. The van der Waals surface area contributed by atoms with Crippen molar-refractivity contribution in [2.24, 2.45) is 0 Å². The number of furan rings is 1. The Morgan fingerprint density at radius 1 is 0.661 bits per heavy atom. The van der Waals surface area contributed by atoms with Gasteiger partial charge in [0.25, 0.3) is 0 Å². The zero-order valence-corrected chi connectivity index (χ0v) is 34.8. The van der Waals surface area contributed by atoms with Gasteiger partial charge < -0.3 is 14.3 Å². The minimum atomic E-state index is 0.0797. The van der Waals surface area contributed by atoms with Crippen molar-refractivity contribution in [3.8, 4) is 11.1 Å². The molecule has 3 aromatic heterocycles. The van der Waals surface area contributed by atoms with Crippen LogP contribution in [0.4, 0.5) is 17.1 Å². The number of rotatable bonds is 1. The van der Waals surface area contributed by atoms with Gasteiger partial charge in [-0.2, -0.15) is 0 Å². The molecule has 8 aromatic rings. The summed E-state index contributed by atoms with van der Waals surface area (Å²) in [5.41, 5.74) is 21.6. The van der Waals surface area contributed by atoms with Gasteiger partial charge in [0.1, 0.15) is 5.58 Å². The molecule has 5 heteroatoms. The highest BCUT2D eigenvalue weighted by Crippen LogP contribution is 2.59. The first-order valence-corrected chi connectivity index (χ1v) is 21.7.